The summed E-state index contributed by atoms with van der Waals surface area (Å²) >= 11 is 5.94. The van der Waals surface area contributed by atoms with E-state index in [9.17, 15) is 0 Å². The van der Waals surface area contributed by atoms with Crippen molar-refractivity contribution in [3.8, 4) is 0 Å². The number of benzene rings is 1. The minimum absolute atomic E-state index is 0. The van der Waals surface area contributed by atoms with Crippen LogP contribution in [0, 0.1) is 0 Å². The lowest BCUT2D eigenvalue weighted by Crippen LogP contribution is -3.00. The van der Waals surface area contributed by atoms with Crippen LogP contribution in [-0.2, 0) is 4.74 Å². The molecule has 0 radical (unpaired) electrons. The Labute approximate surface area is 127 Å². The van der Waals surface area contributed by atoms with Gasteiger partial charge >= 0.3 is 0 Å². The SMILES string of the molecule is CC[P+](CC)(CC)C(OC)c1ccc(Cl)cc1.[Br-]. The fourth-order valence-corrected chi connectivity index (χ4v) is 6.19. The van der Waals surface area contributed by atoms with Gasteiger partial charge in [-0.2, -0.15) is 0 Å². The first kappa shape index (κ1) is 18.4. The molecule has 104 valence electrons. The van der Waals surface area contributed by atoms with Gasteiger partial charge in [0.25, 0.3) is 0 Å². The van der Waals surface area contributed by atoms with Gasteiger partial charge in [-0.05, 0) is 32.9 Å². The lowest BCUT2D eigenvalue weighted by Gasteiger charge is -2.31. The van der Waals surface area contributed by atoms with E-state index in [4.69, 9.17) is 16.3 Å². The first-order chi connectivity index (χ1) is 8.13. The van der Waals surface area contributed by atoms with E-state index in [0.717, 1.165) is 5.02 Å². The maximum atomic E-state index is 5.94. The van der Waals surface area contributed by atoms with E-state index in [-0.39, 0.29) is 22.8 Å². The van der Waals surface area contributed by atoms with Crippen LogP contribution in [0.15, 0.2) is 24.3 Å². The molecule has 0 spiro atoms. The van der Waals surface area contributed by atoms with E-state index in [1.54, 1.807) is 0 Å². The molecule has 0 aliphatic rings. The molecule has 1 aromatic carbocycles. The number of rotatable bonds is 6. The number of hydrogen-bond donors (Lipinski definition) is 0. The molecule has 4 heteroatoms. The fraction of sp³-hybridized carbons (Fsp3) is 0.571. The van der Waals surface area contributed by atoms with Gasteiger partial charge in [-0.15, -0.1) is 0 Å². The number of halogens is 2. The average molecular weight is 354 g/mol. The second-order valence-corrected chi connectivity index (χ2v) is 9.55. The van der Waals surface area contributed by atoms with Gasteiger partial charge in [-0.25, -0.2) is 0 Å². The summed E-state index contributed by atoms with van der Waals surface area (Å²) in [6.45, 7) is 6.88. The third-order valence-electron chi connectivity index (χ3n) is 3.77. The predicted octanol–water partition coefficient (Wildman–Crippen LogP) is 2.07. The highest BCUT2D eigenvalue weighted by atomic mass is 79.9. The first-order valence-corrected chi connectivity index (χ1v) is 9.06. The molecule has 0 aliphatic heterocycles. The second kappa shape index (κ2) is 8.53. The second-order valence-electron chi connectivity index (χ2n) is 4.31. The Morgan fingerprint density at radius 1 is 1.06 bits per heavy atom. The van der Waals surface area contributed by atoms with Crippen molar-refractivity contribution in [1.29, 1.82) is 0 Å². The maximum absolute atomic E-state index is 5.94. The summed E-state index contributed by atoms with van der Waals surface area (Å²) in [5, 5.41) is 0.789. The molecule has 1 rings (SSSR count). The van der Waals surface area contributed by atoms with E-state index >= 15 is 0 Å². The zero-order chi connectivity index (χ0) is 12.9. The molecular weight excluding hydrogens is 330 g/mol. The van der Waals surface area contributed by atoms with Gasteiger partial charge in [-0.3, -0.25) is 0 Å². The summed E-state index contributed by atoms with van der Waals surface area (Å²) in [6, 6.07) is 8.12. The molecule has 0 N–H and O–H groups in total. The van der Waals surface area contributed by atoms with Crippen molar-refractivity contribution in [3.63, 3.8) is 0 Å². The largest absolute Gasteiger partial charge is 1.00 e. The van der Waals surface area contributed by atoms with Crippen molar-refractivity contribution >= 4 is 18.9 Å². The molecule has 1 atom stereocenters. The molecule has 0 saturated carbocycles. The molecule has 1 aromatic rings. The molecule has 0 fully saturated rings. The van der Waals surface area contributed by atoms with Crippen LogP contribution in [0.25, 0.3) is 0 Å². The summed E-state index contributed by atoms with van der Waals surface area (Å²) in [6.07, 6.45) is 3.71. The zero-order valence-electron chi connectivity index (χ0n) is 11.6. The van der Waals surface area contributed by atoms with Crippen molar-refractivity contribution < 1.29 is 21.7 Å². The molecule has 0 amide bonds. The van der Waals surface area contributed by atoms with Crippen LogP contribution in [0.2, 0.25) is 5.02 Å². The lowest BCUT2D eigenvalue weighted by molar-refractivity contribution is -0.00000391. The minimum Gasteiger partial charge on any atom is -1.00 e. The third kappa shape index (κ3) is 3.93. The molecule has 0 bridgehead atoms. The van der Waals surface area contributed by atoms with Crippen molar-refractivity contribution in [1.82, 2.24) is 0 Å². The van der Waals surface area contributed by atoms with E-state index in [2.05, 4.69) is 32.9 Å². The van der Waals surface area contributed by atoms with Crippen molar-refractivity contribution in [2.45, 2.75) is 26.6 Å². The van der Waals surface area contributed by atoms with Crippen molar-refractivity contribution in [2.75, 3.05) is 25.6 Å². The molecule has 1 nitrogen and oxygen atoms in total. The quantitative estimate of drug-likeness (QED) is 0.712. The van der Waals surface area contributed by atoms with E-state index < -0.39 is 7.26 Å². The Hall–Kier alpha value is 0.380. The van der Waals surface area contributed by atoms with Gasteiger partial charge in [-0.1, -0.05) is 23.7 Å². The smallest absolute Gasteiger partial charge is 0.192 e. The number of ether oxygens (including phenoxy) is 1. The third-order valence-corrected chi connectivity index (χ3v) is 9.30. The summed E-state index contributed by atoms with van der Waals surface area (Å²) in [7, 11) is 0.777. The molecular formula is C14H23BrClOP. The van der Waals surface area contributed by atoms with Gasteiger partial charge in [0, 0.05) is 25.0 Å². The normalized spacial score (nSPS) is 12.9. The molecule has 0 aromatic heterocycles. The van der Waals surface area contributed by atoms with Crippen LogP contribution in [-0.4, -0.2) is 25.6 Å². The molecule has 0 heterocycles. The summed E-state index contributed by atoms with van der Waals surface area (Å²) in [4.78, 5) is 0. The van der Waals surface area contributed by atoms with E-state index in [1.165, 1.54) is 24.0 Å². The van der Waals surface area contributed by atoms with Crippen LogP contribution in [0.3, 0.4) is 0 Å². The summed E-state index contributed by atoms with van der Waals surface area (Å²) in [5.74, 6) is 0.264. The Balaban J connectivity index is 0.00000289. The molecule has 18 heavy (non-hydrogen) atoms. The van der Waals surface area contributed by atoms with Crippen LogP contribution in [0.5, 0.6) is 0 Å². The fourth-order valence-electron chi connectivity index (χ4n) is 2.47. The number of hydrogen-bond acceptors (Lipinski definition) is 1. The standard InChI is InChI=1S/C14H23ClOP.BrH/c1-5-17(6-2,7-3)14(16-4)12-8-10-13(15)11-9-12;/h8-11,14H,5-7H2,1-4H3;1H/q+1;/p-1. The highest BCUT2D eigenvalue weighted by Gasteiger charge is 2.42. The van der Waals surface area contributed by atoms with Gasteiger partial charge in [0.15, 0.2) is 5.85 Å². The van der Waals surface area contributed by atoms with Crippen molar-refractivity contribution in [2.24, 2.45) is 0 Å². The van der Waals surface area contributed by atoms with Gasteiger partial charge < -0.3 is 21.7 Å². The van der Waals surface area contributed by atoms with Crippen LogP contribution in [0.4, 0.5) is 0 Å². The Bertz CT molecular complexity index is 330. The van der Waals surface area contributed by atoms with Crippen LogP contribution in [0.1, 0.15) is 32.2 Å². The lowest BCUT2D eigenvalue weighted by atomic mass is 10.2. The molecule has 0 saturated heterocycles. The van der Waals surface area contributed by atoms with Gasteiger partial charge in [0.2, 0.25) is 0 Å². The maximum Gasteiger partial charge on any atom is 0.192 e. The van der Waals surface area contributed by atoms with Crippen LogP contribution < -0.4 is 17.0 Å². The van der Waals surface area contributed by atoms with E-state index in [0.29, 0.717) is 0 Å². The monoisotopic (exact) mass is 352 g/mol. The predicted molar refractivity (Wildman–Crippen MR) is 79.7 cm³/mol. The Kier molecular flexibility index (Phi) is 8.71. The summed E-state index contributed by atoms with van der Waals surface area (Å²) in [5.41, 5.74) is 1.27. The highest BCUT2D eigenvalue weighted by Crippen LogP contribution is 2.69. The Morgan fingerprint density at radius 3 is 1.83 bits per heavy atom. The van der Waals surface area contributed by atoms with Gasteiger partial charge in [0.05, 0.1) is 18.5 Å². The highest BCUT2D eigenvalue weighted by molar-refractivity contribution is 7.75. The molecule has 0 aliphatic carbocycles. The van der Waals surface area contributed by atoms with E-state index in [1.807, 2.05) is 19.2 Å². The van der Waals surface area contributed by atoms with Crippen molar-refractivity contribution in [3.05, 3.63) is 34.9 Å². The Morgan fingerprint density at radius 2 is 1.50 bits per heavy atom. The minimum atomic E-state index is -1.05. The number of methoxy groups -OCH3 is 1. The average Bonchev–Trinajstić information content (AvgIpc) is 2.38. The van der Waals surface area contributed by atoms with Crippen LogP contribution >= 0.6 is 18.9 Å². The first-order valence-electron chi connectivity index (χ1n) is 6.27. The summed E-state index contributed by atoms with van der Waals surface area (Å²) < 4.78 is 5.82. The zero-order valence-corrected chi connectivity index (χ0v) is 14.9. The van der Waals surface area contributed by atoms with Gasteiger partial charge in [0.1, 0.15) is 0 Å². The topological polar surface area (TPSA) is 9.23 Å². The molecule has 1 unspecified atom stereocenters.